The second-order valence-corrected chi connectivity index (χ2v) is 8.58. The van der Waals surface area contributed by atoms with Crippen molar-refractivity contribution < 1.29 is 4.79 Å². The summed E-state index contributed by atoms with van der Waals surface area (Å²) >= 11 is 0. The minimum atomic E-state index is -0.440. The minimum Gasteiger partial charge on any atom is -0.324 e. The summed E-state index contributed by atoms with van der Waals surface area (Å²) in [5, 5.41) is 3.25. The van der Waals surface area contributed by atoms with E-state index in [1.165, 1.54) is 5.56 Å². The van der Waals surface area contributed by atoms with E-state index in [0.29, 0.717) is 0 Å². The van der Waals surface area contributed by atoms with Gasteiger partial charge in [-0.25, -0.2) is 0 Å². The lowest BCUT2D eigenvalue weighted by atomic mass is 9.84. The zero-order valence-corrected chi connectivity index (χ0v) is 18.4. The van der Waals surface area contributed by atoms with Gasteiger partial charge in [0.1, 0.15) is 5.54 Å². The van der Waals surface area contributed by atoms with Gasteiger partial charge in [0.15, 0.2) is 0 Å². The smallest absolute Gasteiger partial charge is 0.244 e. The zero-order chi connectivity index (χ0) is 20.9. The van der Waals surface area contributed by atoms with E-state index in [4.69, 9.17) is 0 Å². The van der Waals surface area contributed by atoms with Gasteiger partial charge in [-0.15, -0.1) is 0 Å². The normalized spacial score (nSPS) is 16.7. The number of carbonyl (C=O) groups is 1. The lowest BCUT2D eigenvalue weighted by Crippen LogP contribution is -2.59. The number of rotatable bonds is 7. The van der Waals surface area contributed by atoms with Crippen molar-refractivity contribution in [2.75, 3.05) is 39.0 Å². The number of nitrogens with zero attached hydrogens (tertiary/aromatic N) is 2. The predicted octanol–water partition coefficient (Wildman–Crippen LogP) is 4.27. The lowest BCUT2D eigenvalue weighted by molar-refractivity contribution is -0.129. The van der Waals surface area contributed by atoms with Crippen LogP contribution in [0, 0.1) is 13.8 Å². The standard InChI is InChI=1S/C25H35N3O/c1-20-10-8-11-21(2)23(20)26-24(29)25(27(3)4)15-18-28(19-16-25)17-9-14-22-12-6-5-7-13-22/h5-8,10-13H,9,14-19H2,1-4H3,(H,26,29). The summed E-state index contributed by atoms with van der Waals surface area (Å²) in [5.74, 6) is 0.129. The van der Waals surface area contributed by atoms with E-state index in [2.05, 4.69) is 71.4 Å². The third-order valence-electron chi connectivity index (χ3n) is 6.46. The van der Waals surface area contributed by atoms with E-state index in [-0.39, 0.29) is 5.91 Å². The largest absolute Gasteiger partial charge is 0.324 e. The first-order valence-electron chi connectivity index (χ1n) is 10.7. The number of aryl methyl sites for hydroxylation is 3. The molecule has 156 valence electrons. The van der Waals surface area contributed by atoms with Gasteiger partial charge in [0, 0.05) is 18.8 Å². The quantitative estimate of drug-likeness (QED) is 0.763. The minimum absolute atomic E-state index is 0.129. The number of likely N-dealkylation sites (N-methyl/N-ethyl adjacent to an activating group) is 1. The van der Waals surface area contributed by atoms with Crippen LogP contribution in [0.1, 0.15) is 36.0 Å². The van der Waals surface area contributed by atoms with Gasteiger partial charge in [-0.1, -0.05) is 48.5 Å². The third kappa shape index (κ3) is 5.06. The number of para-hydroxylation sites is 1. The SMILES string of the molecule is Cc1cccc(C)c1NC(=O)C1(N(C)C)CCN(CCCc2ccccc2)CC1. The first kappa shape index (κ1) is 21.5. The highest BCUT2D eigenvalue weighted by Crippen LogP contribution is 2.30. The Hall–Kier alpha value is -2.17. The van der Waals surface area contributed by atoms with Gasteiger partial charge in [0.2, 0.25) is 5.91 Å². The molecule has 0 atom stereocenters. The van der Waals surface area contributed by atoms with E-state index < -0.39 is 5.54 Å². The van der Waals surface area contributed by atoms with Crippen LogP contribution >= 0.6 is 0 Å². The summed E-state index contributed by atoms with van der Waals surface area (Å²) in [4.78, 5) is 18.0. The Bertz CT molecular complexity index is 788. The van der Waals surface area contributed by atoms with Gasteiger partial charge in [-0.3, -0.25) is 9.69 Å². The van der Waals surface area contributed by atoms with Gasteiger partial charge >= 0.3 is 0 Å². The van der Waals surface area contributed by atoms with Crippen molar-refractivity contribution in [1.29, 1.82) is 0 Å². The van der Waals surface area contributed by atoms with E-state index in [1.54, 1.807) is 0 Å². The molecule has 1 fully saturated rings. The van der Waals surface area contributed by atoms with Gasteiger partial charge in [0.25, 0.3) is 0 Å². The molecular formula is C25H35N3O. The second-order valence-electron chi connectivity index (χ2n) is 8.58. The maximum absolute atomic E-state index is 13.4. The highest BCUT2D eigenvalue weighted by molar-refractivity contribution is 5.99. The molecule has 1 heterocycles. The monoisotopic (exact) mass is 393 g/mol. The molecule has 0 unspecified atom stereocenters. The van der Waals surface area contributed by atoms with Crippen molar-refractivity contribution in [3.05, 3.63) is 65.2 Å². The number of anilines is 1. The van der Waals surface area contributed by atoms with Crippen LogP contribution in [-0.2, 0) is 11.2 Å². The Morgan fingerprint density at radius 2 is 1.62 bits per heavy atom. The Morgan fingerprint density at radius 3 is 2.21 bits per heavy atom. The van der Waals surface area contributed by atoms with Crippen LogP contribution in [0.4, 0.5) is 5.69 Å². The van der Waals surface area contributed by atoms with Crippen molar-refractivity contribution in [1.82, 2.24) is 9.80 Å². The van der Waals surface area contributed by atoms with E-state index >= 15 is 0 Å². The molecule has 1 amide bonds. The molecule has 0 saturated carbocycles. The number of amides is 1. The fourth-order valence-electron chi connectivity index (χ4n) is 4.42. The highest BCUT2D eigenvalue weighted by atomic mass is 16.2. The average molecular weight is 394 g/mol. The van der Waals surface area contributed by atoms with Crippen LogP contribution in [0.25, 0.3) is 0 Å². The Balaban J connectivity index is 1.58. The first-order chi connectivity index (χ1) is 13.9. The molecule has 4 heteroatoms. The Kier molecular flexibility index (Phi) is 7.09. The number of carbonyl (C=O) groups excluding carboxylic acids is 1. The number of piperidine rings is 1. The molecule has 1 N–H and O–H groups in total. The first-order valence-corrected chi connectivity index (χ1v) is 10.7. The van der Waals surface area contributed by atoms with Crippen LogP contribution in [0.2, 0.25) is 0 Å². The van der Waals surface area contributed by atoms with Crippen LogP contribution in [-0.4, -0.2) is 55.0 Å². The maximum Gasteiger partial charge on any atom is 0.244 e. The molecule has 2 aromatic rings. The zero-order valence-electron chi connectivity index (χ0n) is 18.4. The predicted molar refractivity (Wildman–Crippen MR) is 121 cm³/mol. The molecule has 29 heavy (non-hydrogen) atoms. The summed E-state index contributed by atoms with van der Waals surface area (Å²) < 4.78 is 0. The fourth-order valence-corrected chi connectivity index (χ4v) is 4.42. The van der Waals surface area contributed by atoms with E-state index in [1.807, 2.05) is 20.2 Å². The van der Waals surface area contributed by atoms with Crippen LogP contribution in [0.5, 0.6) is 0 Å². The van der Waals surface area contributed by atoms with Gasteiger partial charge < -0.3 is 10.2 Å². The van der Waals surface area contributed by atoms with Crippen LogP contribution < -0.4 is 5.32 Å². The fraction of sp³-hybridized carbons (Fsp3) is 0.480. The summed E-state index contributed by atoms with van der Waals surface area (Å²) in [6.45, 7) is 7.14. The van der Waals surface area contributed by atoms with Crippen molar-refractivity contribution >= 4 is 11.6 Å². The summed E-state index contributed by atoms with van der Waals surface area (Å²) in [6, 6.07) is 16.8. The molecule has 0 bridgehead atoms. The van der Waals surface area contributed by atoms with E-state index in [9.17, 15) is 4.79 Å². The van der Waals surface area contributed by atoms with Crippen molar-refractivity contribution in [2.45, 2.75) is 45.1 Å². The van der Waals surface area contributed by atoms with Crippen molar-refractivity contribution in [3.8, 4) is 0 Å². The van der Waals surface area contributed by atoms with Gasteiger partial charge in [0.05, 0.1) is 0 Å². The highest BCUT2D eigenvalue weighted by Gasteiger charge is 2.43. The van der Waals surface area contributed by atoms with Crippen molar-refractivity contribution in [2.24, 2.45) is 0 Å². The second kappa shape index (κ2) is 9.55. The number of likely N-dealkylation sites (tertiary alicyclic amines) is 1. The van der Waals surface area contributed by atoms with Gasteiger partial charge in [-0.2, -0.15) is 0 Å². The number of hydrogen-bond acceptors (Lipinski definition) is 3. The van der Waals surface area contributed by atoms with Gasteiger partial charge in [-0.05, 0) is 76.9 Å². The Labute approximate surface area is 175 Å². The Morgan fingerprint density at radius 1 is 1.00 bits per heavy atom. The van der Waals surface area contributed by atoms with E-state index in [0.717, 1.165) is 62.1 Å². The average Bonchev–Trinajstić information content (AvgIpc) is 2.72. The molecule has 2 aromatic carbocycles. The number of hydrogen-bond donors (Lipinski definition) is 1. The molecular weight excluding hydrogens is 358 g/mol. The molecule has 3 rings (SSSR count). The van der Waals surface area contributed by atoms with Crippen LogP contribution in [0.3, 0.4) is 0 Å². The molecule has 1 aliphatic heterocycles. The maximum atomic E-state index is 13.4. The molecule has 1 saturated heterocycles. The number of nitrogens with one attached hydrogen (secondary N) is 1. The molecule has 4 nitrogen and oxygen atoms in total. The molecule has 0 aliphatic carbocycles. The van der Waals surface area contributed by atoms with Crippen LogP contribution in [0.15, 0.2) is 48.5 Å². The molecule has 0 spiro atoms. The van der Waals surface area contributed by atoms with Crippen molar-refractivity contribution in [3.63, 3.8) is 0 Å². The summed E-state index contributed by atoms with van der Waals surface area (Å²) in [7, 11) is 4.07. The lowest BCUT2D eigenvalue weighted by Gasteiger charge is -2.45. The summed E-state index contributed by atoms with van der Waals surface area (Å²) in [6.07, 6.45) is 4.00. The molecule has 1 aliphatic rings. The number of benzene rings is 2. The molecule has 0 radical (unpaired) electrons. The molecule has 0 aromatic heterocycles. The topological polar surface area (TPSA) is 35.6 Å². The third-order valence-corrected chi connectivity index (χ3v) is 6.46. The summed E-state index contributed by atoms with van der Waals surface area (Å²) in [5.41, 5.74) is 4.16.